The minimum Gasteiger partial charge on any atom is -0.504 e. The lowest BCUT2D eigenvalue weighted by atomic mass is 10.1. The average Bonchev–Trinajstić information content (AvgIpc) is 2.33. The van der Waals surface area contributed by atoms with E-state index in [1.165, 1.54) is 18.2 Å². The van der Waals surface area contributed by atoms with Gasteiger partial charge in [-0.3, -0.25) is 0 Å². The van der Waals surface area contributed by atoms with Crippen molar-refractivity contribution in [3.8, 4) is 17.4 Å². The molecule has 0 saturated carbocycles. The molecule has 0 aliphatic rings. The molecule has 1 N–H and O–H groups in total. The number of ether oxygens (including phenoxy) is 1. The zero-order valence-electron chi connectivity index (χ0n) is 9.65. The normalized spacial score (nSPS) is 10.4. The fraction of sp³-hybridized carbons (Fsp3) is 0.154. The second-order valence-corrected chi connectivity index (χ2v) is 3.67. The molecule has 0 fully saturated rings. The summed E-state index contributed by atoms with van der Waals surface area (Å²) in [6.07, 6.45) is 0.456. The van der Waals surface area contributed by atoms with Gasteiger partial charge < -0.3 is 9.84 Å². The van der Waals surface area contributed by atoms with E-state index in [2.05, 4.69) is 4.98 Å². The molecule has 2 rings (SSSR count). The molecule has 94 valence electrons. The number of hydrogen-bond acceptors (Lipinski definition) is 3. The number of phenols is 1. The van der Waals surface area contributed by atoms with Gasteiger partial charge in [0.05, 0.1) is 0 Å². The molecule has 0 aliphatic heterocycles. The van der Waals surface area contributed by atoms with Crippen LogP contribution in [0.25, 0.3) is 0 Å². The first-order valence-corrected chi connectivity index (χ1v) is 5.42. The van der Waals surface area contributed by atoms with Crippen molar-refractivity contribution in [3.05, 3.63) is 47.7 Å². The van der Waals surface area contributed by atoms with Gasteiger partial charge in [0, 0.05) is 12.1 Å². The lowest BCUT2D eigenvalue weighted by Crippen LogP contribution is -1.93. The van der Waals surface area contributed by atoms with Gasteiger partial charge in [-0.15, -0.1) is 0 Å². The van der Waals surface area contributed by atoms with Crippen LogP contribution in [0.5, 0.6) is 17.4 Å². The monoisotopic (exact) mass is 251 g/mol. The van der Waals surface area contributed by atoms with Crippen LogP contribution in [0, 0.1) is 11.8 Å². The Bertz CT molecular complexity index is 573. The first kappa shape index (κ1) is 12.3. The lowest BCUT2D eigenvalue weighted by molar-refractivity contribution is 0.392. The molecule has 0 atom stereocenters. The molecule has 3 nitrogen and oxygen atoms in total. The van der Waals surface area contributed by atoms with Crippen LogP contribution in [0.15, 0.2) is 30.3 Å². The van der Waals surface area contributed by atoms with Gasteiger partial charge in [-0.25, -0.2) is 4.39 Å². The number of aromatic nitrogens is 1. The predicted molar refractivity (Wildman–Crippen MR) is 61.7 cm³/mol. The quantitative estimate of drug-likeness (QED) is 0.850. The van der Waals surface area contributed by atoms with E-state index in [4.69, 9.17) is 4.74 Å². The number of halogens is 2. The van der Waals surface area contributed by atoms with E-state index < -0.39 is 11.8 Å². The Kier molecular flexibility index (Phi) is 3.41. The van der Waals surface area contributed by atoms with Crippen LogP contribution < -0.4 is 4.74 Å². The second kappa shape index (κ2) is 5.00. The van der Waals surface area contributed by atoms with E-state index in [1.807, 2.05) is 0 Å². The Hall–Kier alpha value is -2.17. The van der Waals surface area contributed by atoms with Crippen molar-refractivity contribution in [3.63, 3.8) is 0 Å². The highest BCUT2D eigenvalue weighted by atomic mass is 19.1. The van der Waals surface area contributed by atoms with Crippen LogP contribution in [-0.2, 0) is 6.42 Å². The van der Waals surface area contributed by atoms with Crippen molar-refractivity contribution in [1.82, 2.24) is 4.98 Å². The number of phenolic OH excluding ortho intramolecular Hbond substituents is 1. The number of aromatic hydroxyl groups is 1. The number of benzene rings is 1. The molecule has 18 heavy (non-hydrogen) atoms. The molecule has 0 radical (unpaired) electrons. The van der Waals surface area contributed by atoms with E-state index in [1.54, 1.807) is 6.92 Å². The van der Waals surface area contributed by atoms with Crippen LogP contribution in [0.4, 0.5) is 8.78 Å². The van der Waals surface area contributed by atoms with Crippen molar-refractivity contribution in [1.29, 1.82) is 0 Å². The molecule has 1 heterocycles. The Morgan fingerprint density at radius 3 is 2.72 bits per heavy atom. The number of pyridine rings is 1. The third kappa shape index (κ3) is 2.56. The summed E-state index contributed by atoms with van der Waals surface area (Å²) in [4.78, 5) is 3.46. The first-order chi connectivity index (χ1) is 8.60. The van der Waals surface area contributed by atoms with Gasteiger partial charge in [0.1, 0.15) is 5.82 Å². The standard InChI is InChI=1S/C13H11F2NO2/c1-2-8-6-10(17)11(7-9(8)14)18-13-5-3-4-12(15)16-13/h3-7,17H,2H2,1H3. The second-order valence-electron chi connectivity index (χ2n) is 3.67. The fourth-order valence-corrected chi connectivity index (χ4v) is 1.50. The van der Waals surface area contributed by atoms with Crippen molar-refractivity contribution in [2.75, 3.05) is 0 Å². The van der Waals surface area contributed by atoms with Crippen molar-refractivity contribution < 1.29 is 18.6 Å². The maximum absolute atomic E-state index is 13.5. The van der Waals surface area contributed by atoms with E-state index in [-0.39, 0.29) is 17.4 Å². The van der Waals surface area contributed by atoms with Gasteiger partial charge in [-0.2, -0.15) is 9.37 Å². The maximum atomic E-state index is 13.5. The third-order valence-corrected chi connectivity index (χ3v) is 2.41. The van der Waals surface area contributed by atoms with Gasteiger partial charge in [0.25, 0.3) is 0 Å². The molecule has 5 heteroatoms. The fourth-order valence-electron chi connectivity index (χ4n) is 1.50. The summed E-state index contributed by atoms with van der Waals surface area (Å²) in [5.74, 6) is -1.55. The smallest absolute Gasteiger partial charge is 0.222 e. The summed E-state index contributed by atoms with van der Waals surface area (Å²) < 4.78 is 31.5. The van der Waals surface area contributed by atoms with E-state index in [0.29, 0.717) is 12.0 Å². The summed E-state index contributed by atoms with van der Waals surface area (Å²) in [6.45, 7) is 1.77. The zero-order valence-corrected chi connectivity index (χ0v) is 9.65. The Labute approximate surface area is 103 Å². The minimum absolute atomic E-state index is 0.0473. The summed E-state index contributed by atoms with van der Waals surface area (Å²) >= 11 is 0. The van der Waals surface area contributed by atoms with Crippen molar-refractivity contribution >= 4 is 0 Å². The van der Waals surface area contributed by atoms with Crippen molar-refractivity contribution in [2.24, 2.45) is 0 Å². The number of rotatable bonds is 3. The van der Waals surface area contributed by atoms with E-state index in [9.17, 15) is 13.9 Å². The summed E-state index contributed by atoms with van der Waals surface area (Å²) in [6, 6.07) is 6.32. The molecule has 0 unspecified atom stereocenters. The summed E-state index contributed by atoms with van der Waals surface area (Å²) in [5, 5.41) is 9.66. The van der Waals surface area contributed by atoms with Crippen LogP contribution in [-0.4, -0.2) is 10.1 Å². The third-order valence-electron chi connectivity index (χ3n) is 2.41. The van der Waals surface area contributed by atoms with Gasteiger partial charge in [0.2, 0.25) is 11.8 Å². The van der Waals surface area contributed by atoms with Crippen LogP contribution in [0.2, 0.25) is 0 Å². The molecule has 0 saturated heterocycles. The van der Waals surface area contributed by atoms with Gasteiger partial charge in [-0.05, 0) is 24.1 Å². The van der Waals surface area contributed by atoms with E-state index in [0.717, 1.165) is 12.1 Å². The zero-order chi connectivity index (χ0) is 13.1. The predicted octanol–water partition coefficient (Wildman–Crippen LogP) is 3.42. The van der Waals surface area contributed by atoms with Crippen LogP contribution in [0.3, 0.4) is 0 Å². The number of nitrogens with zero attached hydrogens (tertiary/aromatic N) is 1. The van der Waals surface area contributed by atoms with Crippen LogP contribution >= 0.6 is 0 Å². The molecule has 0 spiro atoms. The summed E-state index contributed by atoms with van der Waals surface area (Å²) in [5.41, 5.74) is 0.382. The largest absolute Gasteiger partial charge is 0.504 e. The molecule has 1 aromatic carbocycles. The van der Waals surface area contributed by atoms with Gasteiger partial charge in [-0.1, -0.05) is 13.0 Å². The highest BCUT2D eigenvalue weighted by Gasteiger charge is 2.11. The number of aryl methyl sites for hydroxylation is 1. The topological polar surface area (TPSA) is 42.4 Å². The molecule has 0 aliphatic carbocycles. The summed E-state index contributed by atoms with van der Waals surface area (Å²) in [7, 11) is 0. The Morgan fingerprint density at radius 2 is 2.06 bits per heavy atom. The maximum Gasteiger partial charge on any atom is 0.222 e. The Balaban J connectivity index is 2.32. The SMILES string of the molecule is CCc1cc(O)c(Oc2cccc(F)n2)cc1F. The molecule has 2 aromatic rings. The number of hydrogen-bond donors (Lipinski definition) is 1. The molecular weight excluding hydrogens is 240 g/mol. The van der Waals surface area contributed by atoms with E-state index >= 15 is 0 Å². The van der Waals surface area contributed by atoms with Crippen molar-refractivity contribution in [2.45, 2.75) is 13.3 Å². The first-order valence-electron chi connectivity index (χ1n) is 5.42. The van der Waals surface area contributed by atoms with Gasteiger partial charge >= 0.3 is 0 Å². The molecular formula is C13H11F2NO2. The molecule has 1 aromatic heterocycles. The molecule has 0 amide bonds. The van der Waals surface area contributed by atoms with Crippen LogP contribution in [0.1, 0.15) is 12.5 Å². The Morgan fingerprint density at radius 1 is 1.28 bits per heavy atom. The average molecular weight is 251 g/mol. The highest BCUT2D eigenvalue weighted by Crippen LogP contribution is 2.32. The lowest BCUT2D eigenvalue weighted by Gasteiger charge is -2.08. The minimum atomic E-state index is -0.711. The highest BCUT2D eigenvalue weighted by molar-refractivity contribution is 5.44. The van der Waals surface area contributed by atoms with Gasteiger partial charge in [0.15, 0.2) is 11.5 Å². The molecule has 0 bridgehead atoms.